The Morgan fingerprint density at radius 3 is 2.53 bits per heavy atom. The summed E-state index contributed by atoms with van der Waals surface area (Å²) in [7, 11) is 0. The summed E-state index contributed by atoms with van der Waals surface area (Å²) in [5, 5.41) is 12.6. The summed E-state index contributed by atoms with van der Waals surface area (Å²) in [6.07, 6.45) is -0.0922. The zero-order chi connectivity index (χ0) is 26.6. The third-order valence-electron chi connectivity index (χ3n) is 5.64. The quantitative estimate of drug-likeness (QED) is 0.245. The van der Waals surface area contributed by atoms with Crippen molar-refractivity contribution in [1.29, 1.82) is 0 Å². The summed E-state index contributed by atoms with van der Waals surface area (Å²) in [5.74, 6) is 1.62. The van der Waals surface area contributed by atoms with Gasteiger partial charge in [0.25, 0.3) is 5.91 Å². The van der Waals surface area contributed by atoms with Crippen LogP contribution in [0.15, 0.2) is 72.9 Å². The first-order valence-electron chi connectivity index (χ1n) is 11.4. The Kier molecular flexibility index (Phi) is 7.30. The fraction of sp³-hybridized carbons (Fsp3) is 0.111. The van der Waals surface area contributed by atoms with E-state index in [0.29, 0.717) is 58.1 Å². The molecule has 0 saturated carbocycles. The number of carbonyl (C=O) groups excluding carboxylic acids is 1. The largest absolute Gasteiger partial charge is 0.506 e. The first-order chi connectivity index (χ1) is 18.4. The first kappa shape index (κ1) is 25.3. The Labute approximate surface area is 226 Å². The number of fused-ring (bicyclic) bond motifs is 1. The van der Waals surface area contributed by atoms with E-state index in [9.17, 15) is 9.59 Å². The van der Waals surface area contributed by atoms with Crippen molar-refractivity contribution in [2.24, 2.45) is 0 Å². The molecule has 0 aliphatic carbocycles. The predicted molar refractivity (Wildman–Crippen MR) is 140 cm³/mol. The highest BCUT2D eigenvalue weighted by atomic mass is 35.5. The second-order valence-corrected chi connectivity index (χ2v) is 9.03. The van der Waals surface area contributed by atoms with Gasteiger partial charge in [0.2, 0.25) is 0 Å². The number of amides is 1. The lowest BCUT2D eigenvalue weighted by atomic mass is 10.0. The highest BCUT2D eigenvalue weighted by Crippen LogP contribution is 2.42. The van der Waals surface area contributed by atoms with Gasteiger partial charge in [-0.25, -0.2) is 14.8 Å². The normalized spacial score (nSPS) is 14.1. The molecule has 3 aromatic carbocycles. The maximum absolute atomic E-state index is 12.8. The number of nitrogens with one attached hydrogen (secondary N) is 1. The molecule has 2 N–H and O–H groups in total. The molecule has 0 fully saturated rings. The van der Waals surface area contributed by atoms with Crippen LogP contribution in [0.5, 0.6) is 17.2 Å². The second-order valence-electron chi connectivity index (χ2n) is 8.18. The monoisotopic (exact) mass is 551 g/mol. The molecule has 192 valence electrons. The van der Waals surface area contributed by atoms with Crippen LogP contribution in [-0.2, 0) is 4.74 Å². The molecule has 1 amide bonds. The van der Waals surface area contributed by atoms with Crippen molar-refractivity contribution in [3.8, 4) is 28.6 Å². The van der Waals surface area contributed by atoms with E-state index in [1.54, 1.807) is 72.9 Å². The third-order valence-corrected chi connectivity index (χ3v) is 6.18. The van der Waals surface area contributed by atoms with Crippen LogP contribution in [0.25, 0.3) is 11.4 Å². The van der Waals surface area contributed by atoms with Crippen molar-refractivity contribution in [3.05, 3.63) is 94.1 Å². The molecule has 0 radical (unpaired) electrons. The Morgan fingerprint density at radius 2 is 1.79 bits per heavy atom. The lowest BCUT2D eigenvalue weighted by Gasteiger charge is -2.25. The van der Waals surface area contributed by atoms with E-state index in [1.165, 1.54) is 0 Å². The van der Waals surface area contributed by atoms with E-state index in [-0.39, 0.29) is 10.9 Å². The van der Waals surface area contributed by atoms with Gasteiger partial charge in [-0.2, -0.15) is 0 Å². The lowest BCUT2D eigenvalue weighted by molar-refractivity contribution is 0.0326. The molecule has 1 atom stereocenters. The summed E-state index contributed by atoms with van der Waals surface area (Å²) < 4.78 is 16.5. The number of hydrogen-bond acceptors (Lipinski definition) is 7. The van der Waals surface area contributed by atoms with Crippen LogP contribution in [0.2, 0.25) is 10.0 Å². The standard InChI is InChI=1S/C27H19Cl2N3O6/c28-17-5-1-15(2-6-17)25-30-11-9-24(31-25)32-26(33)16-3-7-18(8-4-16)37-23-14-22-19(13-20(23)29)21(10-12-36-22)38-27(34)35/h1-9,11,13-14,21H,10,12H2,(H,34,35)(H,30,31,32,33). The maximum Gasteiger partial charge on any atom is 0.506 e. The predicted octanol–water partition coefficient (Wildman–Crippen LogP) is 7.01. The van der Waals surface area contributed by atoms with Gasteiger partial charge < -0.3 is 24.6 Å². The van der Waals surface area contributed by atoms with E-state index in [4.69, 9.17) is 42.5 Å². The van der Waals surface area contributed by atoms with Gasteiger partial charge in [0, 0.05) is 40.4 Å². The van der Waals surface area contributed by atoms with E-state index in [0.717, 1.165) is 5.56 Å². The molecule has 4 aromatic rings. The molecule has 0 saturated heterocycles. The summed E-state index contributed by atoms with van der Waals surface area (Å²) in [4.78, 5) is 32.4. The molecular formula is C27H19Cl2N3O6. The van der Waals surface area contributed by atoms with Gasteiger partial charge in [-0.05, 0) is 60.7 Å². The Balaban J connectivity index is 1.27. The smallest absolute Gasteiger partial charge is 0.493 e. The molecule has 2 heterocycles. The molecule has 11 heteroatoms. The van der Waals surface area contributed by atoms with Crippen LogP contribution in [0.3, 0.4) is 0 Å². The van der Waals surface area contributed by atoms with Gasteiger partial charge in [0.05, 0.1) is 11.6 Å². The van der Waals surface area contributed by atoms with Crippen molar-refractivity contribution in [1.82, 2.24) is 9.97 Å². The van der Waals surface area contributed by atoms with Crippen LogP contribution in [0.1, 0.15) is 28.4 Å². The molecule has 0 spiro atoms. The Hall–Kier alpha value is -4.34. The van der Waals surface area contributed by atoms with Crippen molar-refractivity contribution in [3.63, 3.8) is 0 Å². The average molecular weight is 552 g/mol. The van der Waals surface area contributed by atoms with Crippen molar-refractivity contribution in [2.45, 2.75) is 12.5 Å². The molecule has 5 rings (SSSR count). The van der Waals surface area contributed by atoms with E-state index < -0.39 is 12.3 Å². The van der Waals surface area contributed by atoms with Gasteiger partial charge >= 0.3 is 6.16 Å². The van der Waals surface area contributed by atoms with Crippen molar-refractivity contribution in [2.75, 3.05) is 11.9 Å². The summed E-state index contributed by atoms with van der Waals surface area (Å²) in [6.45, 7) is 0.295. The molecule has 1 aromatic heterocycles. The minimum Gasteiger partial charge on any atom is -0.493 e. The Bertz CT molecular complexity index is 1500. The number of nitrogens with zero attached hydrogens (tertiary/aromatic N) is 2. The lowest BCUT2D eigenvalue weighted by Crippen LogP contribution is -2.18. The van der Waals surface area contributed by atoms with Crippen molar-refractivity contribution >= 4 is 41.1 Å². The van der Waals surface area contributed by atoms with Gasteiger partial charge in [-0.3, -0.25) is 4.79 Å². The van der Waals surface area contributed by atoms with E-state index in [2.05, 4.69) is 15.3 Å². The van der Waals surface area contributed by atoms with Gasteiger partial charge in [-0.15, -0.1) is 0 Å². The number of benzene rings is 3. The summed E-state index contributed by atoms with van der Waals surface area (Å²) >= 11 is 12.3. The summed E-state index contributed by atoms with van der Waals surface area (Å²) in [6, 6.07) is 18.3. The Morgan fingerprint density at radius 1 is 1.03 bits per heavy atom. The third kappa shape index (κ3) is 5.80. The van der Waals surface area contributed by atoms with Crippen LogP contribution in [-0.4, -0.2) is 33.7 Å². The number of carboxylic acid groups (broad SMARTS) is 1. The number of anilines is 1. The molecule has 0 bridgehead atoms. The molecule has 38 heavy (non-hydrogen) atoms. The molecular weight excluding hydrogens is 533 g/mol. The second kappa shape index (κ2) is 11.0. The van der Waals surface area contributed by atoms with E-state index >= 15 is 0 Å². The molecule has 1 aliphatic heterocycles. The fourth-order valence-corrected chi connectivity index (χ4v) is 4.17. The first-order valence-corrected chi connectivity index (χ1v) is 12.2. The minimum absolute atomic E-state index is 0.260. The van der Waals surface area contributed by atoms with Crippen molar-refractivity contribution < 1.29 is 28.9 Å². The molecule has 1 aliphatic rings. The number of ether oxygens (including phenoxy) is 3. The van der Waals surface area contributed by atoms with Crippen LogP contribution < -0.4 is 14.8 Å². The van der Waals surface area contributed by atoms with Gasteiger partial charge in [0.1, 0.15) is 29.2 Å². The van der Waals surface area contributed by atoms with Gasteiger partial charge in [-0.1, -0.05) is 23.2 Å². The average Bonchev–Trinajstić information content (AvgIpc) is 2.90. The number of aromatic nitrogens is 2. The fourth-order valence-electron chi connectivity index (χ4n) is 3.84. The zero-order valence-corrected chi connectivity index (χ0v) is 21.1. The van der Waals surface area contributed by atoms with Gasteiger partial charge in [0.15, 0.2) is 5.82 Å². The highest BCUT2D eigenvalue weighted by molar-refractivity contribution is 6.32. The molecule has 1 unspecified atom stereocenters. The van der Waals surface area contributed by atoms with Crippen LogP contribution in [0, 0.1) is 0 Å². The number of rotatable bonds is 6. The van der Waals surface area contributed by atoms with E-state index in [1.807, 2.05) is 0 Å². The maximum atomic E-state index is 12.8. The minimum atomic E-state index is -1.37. The van der Waals surface area contributed by atoms with Crippen LogP contribution in [0.4, 0.5) is 10.6 Å². The topological polar surface area (TPSA) is 120 Å². The molecule has 9 nitrogen and oxygen atoms in total. The summed E-state index contributed by atoms with van der Waals surface area (Å²) in [5.41, 5.74) is 1.69. The number of carbonyl (C=O) groups is 2. The van der Waals surface area contributed by atoms with Crippen LogP contribution >= 0.6 is 23.2 Å². The number of hydrogen-bond donors (Lipinski definition) is 2. The SMILES string of the molecule is O=C(O)OC1CCOc2cc(Oc3ccc(C(=O)Nc4ccnc(-c5ccc(Cl)cc5)n4)cc3)c(Cl)cc21. The highest BCUT2D eigenvalue weighted by Gasteiger charge is 2.27. The number of halogens is 2. The zero-order valence-electron chi connectivity index (χ0n) is 19.6.